The first kappa shape index (κ1) is 12.5. The van der Waals surface area contributed by atoms with Crippen molar-refractivity contribution in [2.45, 2.75) is 25.7 Å². The molecule has 100 valence electrons. The van der Waals surface area contributed by atoms with E-state index >= 15 is 0 Å². The average molecular weight is 276 g/mol. The van der Waals surface area contributed by atoms with Crippen LogP contribution >= 0.6 is 11.6 Å². The lowest BCUT2D eigenvalue weighted by Gasteiger charge is -2.10. The predicted molar refractivity (Wildman–Crippen MR) is 79.2 cm³/mol. The summed E-state index contributed by atoms with van der Waals surface area (Å²) in [6.07, 6.45) is 2.61. The zero-order valence-corrected chi connectivity index (χ0v) is 12.0. The van der Waals surface area contributed by atoms with Gasteiger partial charge in [-0.1, -0.05) is 30.7 Å². The van der Waals surface area contributed by atoms with Crippen LogP contribution in [0.3, 0.4) is 0 Å². The molecule has 1 atom stereocenters. The van der Waals surface area contributed by atoms with Crippen LogP contribution in [0.2, 0.25) is 5.02 Å². The molecule has 4 heteroatoms. The molecule has 1 aliphatic carbocycles. The topological polar surface area (TPSA) is 43.8 Å². The van der Waals surface area contributed by atoms with Crippen LogP contribution in [-0.2, 0) is 7.05 Å². The number of rotatable bonds is 3. The number of hydrogen-bond donors (Lipinski definition) is 1. The van der Waals surface area contributed by atoms with Crippen molar-refractivity contribution in [2.75, 3.05) is 5.73 Å². The summed E-state index contributed by atoms with van der Waals surface area (Å²) in [5.41, 5.74) is 9.48. The van der Waals surface area contributed by atoms with Crippen molar-refractivity contribution in [1.29, 1.82) is 0 Å². The highest BCUT2D eigenvalue weighted by molar-refractivity contribution is 6.30. The zero-order valence-electron chi connectivity index (χ0n) is 11.2. The van der Waals surface area contributed by atoms with E-state index in [1.54, 1.807) is 4.68 Å². The van der Waals surface area contributed by atoms with E-state index in [2.05, 4.69) is 12.0 Å². The maximum Gasteiger partial charge on any atom is 0.129 e. The summed E-state index contributed by atoms with van der Waals surface area (Å²) >= 11 is 5.95. The van der Waals surface area contributed by atoms with Gasteiger partial charge in [0.1, 0.15) is 5.82 Å². The molecule has 1 aliphatic rings. The van der Waals surface area contributed by atoms with Crippen molar-refractivity contribution in [3.05, 3.63) is 35.0 Å². The monoisotopic (exact) mass is 275 g/mol. The summed E-state index contributed by atoms with van der Waals surface area (Å²) < 4.78 is 1.78. The number of nitrogen functional groups attached to an aromatic ring is 1. The summed E-state index contributed by atoms with van der Waals surface area (Å²) in [4.78, 5) is 0. The smallest absolute Gasteiger partial charge is 0.129 e. The number of anilines is 1. The fourth-order valence-corrected chi connectivity index (χ4v) is 2.74. The van der Waals surface area contributed by atoms with E-state index in [-0.39, 0.29) is 0 Å². The maximum absolute atomic E-state index is 6.20. The molecule has 1 fully saturated rings. The SMILES string of the molecule is CC(c1nn(C)c(N)c1-c1ccc(Cl)cc1)C1CC1. The molecule has 0 aliphatic heterocycles. The minimum Gasteiger partial charge on any atom is -0.383 e. The summed E-state index contributed by atoms with van der Waals surface area (Å²) in [6.45, 7) is 2.25. The maximum atomic E-state index is 6.20. The molecule has 1 saturated carbocycles. The molecular weight excluding hydrogens is 258 g/mol. The van der Waals surface area contributed by atoms with Crippen LogP contribution in [0.4, 0.5) is 5.82 Å². The van der Waals surface area contributed by atoms with E-state index in [0.29, 0.717) is 5.92 Å². The number of aromatic nitrogens is 2. The van der Waals surface area contributed by atoms with Gasteiger partial charge in [0, 0.05) is 23.6 Å². The number of nitrogens with two attached hydrogens (primary N) is 1. The summed E-state index contributed by atoms with van der Waals surface area (Å²) in [5, 5.41) is 5.37. The van der Waals surface area contributed by atoms with Gasteiger partial charge in [-0.15, -0.1) is 0 Å². The second kappa shape index (κ2) is 4.57. The minimum absolute atomic E-state index is 0.467. The van der Waals surface area contributed by atoms with Crippen LogP contribution in [0.5, 0.6) is 0 Å². The zero-order chi connectivity index (χ0) is 13.6. The van der Waals surface area contributed by atoms with Gasteiger partial charge in [0.25, 0.3) is 0 Å². The molecule has 0 radical (unpaired) electrons. The summed E-state index contributed by atoms with van der Waals surface area (Å²) in [7, 11) is 1.90. The number of benzene rings is 1. The Morgan fingerprint density at radius 3 is 2.53 bits per heavy atom. The van der Waals surface area contributed by atoms with Crippen LogP contribution in [0.15, 0.2) is 24.3 Å². The van der Waals surface area contributed by atoms with Gasteiger partial charge in [0.05, 0.1) is 5.69 Å². The molecule has 3 rings (SSSR count). The van der Waals surface area contributed by atoms with Crippen LogP contribution in [0.25, 0.3) is 11.1 Å². The quantitative estimate of drug-likeness (QED) is 0.925. The Balaban J connectivity index is 2.10. The second-order valence-corrected chi connectivity index (χ2v) is 5.84. The van der Waals surface area contributed by atoms with Crippen molar-refractivity contribution >= 4 is 17.4 Å². The Morgan fingerprint density at radius 1 is 1.32 bits per heavy atom. The Hall–Kier alpha value is -1.48. The number of aryl methyl sites for hydroxylation is 1. The standard InChI is InChI=1S/C15H18ClN3/c1-9(10-3-4-10)14-13(15(17)19(2)18-14)11-5-7-12(16)8-6-11/h5-10H,3-4,17H2,1-2H3. The van der Waals surface area contributed by atoms with Gasteiger partial charge in [0.15, 0.2) is 0 Å². The van der Waals surface area contributed by atoms with E-state index in [4.69, 9.17) is 17.3 Å². The average Bonchev–Trinajstić information content (AvgIpc) is 3.19. The van der Waals surface area contributed by atoms with Crippen molar-refractivity contribution in [2.24, 2.45) is 13.0 Å². The van der Waals surface area contributed by atoms with Crippen molar-refractivity contribution in [3.63, 3.8) is 0 Å². The van der Waals surface area contributed by atoms with E-state index in [9.17, 15) is 0 Å². The van der Waals surface area contributed by atoms with Crippen LogP contribution in [0, 0.1) is 5.92 Å². The van der Waals surface area contributed by atoms with Gasteiger partial charge in [-0.3, -0.25) is 4.68 Å². The Bertz CT molecular complexity index is 597. The van der Waals surface area contributed by atoms with Crippen molar-refractivity contribution < 1.29 is 0 Å². The third kappa shape index (κ3) is 2.23. The highest BCUT2D eigenvalue weighted by Gasteiger charge is 2.33. The minimum atomic E-state index is 0.467. The predicted octanol–water partition coefficient (Wildman–Crippen LogP) is 3.84. The number of nitrogens with zero attached hydrogens (tertiary/aromatic N) is 2. The van der Waals surface area contributed by atoms with Crippen LogP contribution < -0.4 is 5.73 Å². The Morgan fingerprint density at radius 2 is 1.95 bits per heavy atom. The third-order valence-electron chi connectivity index (χ3n) is 4.01. The third-order valence-corrected chi connectivity index (χ3v) is 4.26. The lowest BCUT2D eigenvalue weighted by Crippen LogP contribution is -2.00. The molecule has 0 saturated heterocycles. The van der Waals surface area contributed by atoms with Gasteiger partial charge in [-0.05, 0) is 36.5 Å². The van der Waals surface area contributed by atoms with Crippen molar-refractivity contribution in [1.82, 2.24) is 9.78 Å². The molecule has 1 aromatic heterocycles. The molecule has 1 unspecified atom stereocenters. The highest BCUT2D eigenvalue weighted by atomic mass is 35.5. The second-order valence-electron chi connectivity index (χ2n) is 5.40. The van der Waals surface area contributed by atoms with E-state index in [1.165, 1.54) is 12.8 Å². The first-order valence-electron chi connectivity index (χ1n) is 6.66. The fraction of sp³-hybridized carbons (Fsp3) is 0.400. The first-order chi connectivity index (χ1) is 9.08. The largest absolute Gasteiger partial charge is 0.383 e. The molecule has 2 N–H and O–H groups in total. The number of hydrogen-bond acceptors (Lipinski definition) is 2. The van der Waals surface area contributed by atoms with Gasteiger partial charge in [-0.2, -0.15) is 5.10 Å². The molecule has 0 bridgehead atoms. The summed E-state index contributed by atoms with van der Waals surface area (Å²) in [5.74, 6) is 1.96. The van der Waals surface area contributed by atoms with Gasteiger partial charge in [-0.25, -0.2) is 0 Å². The Labute approximate surface area is 118 Å². The molecule has 3 nitrogen and oxygen atoms in total. The molecule has 1 aromatic carbocycles. The molecule has 0 spiro atoms. The van der Waals surface area contributed by atoms with E-state index in [0.717, 1.165) is 33.6 Å². The molecular formula is C15H18ClN3. The van der Waals surface area contributed by atoms with Gasteiger partial charge < -0.3 is 5.73 Å². The van der Waals surface area contributed by atoms with E-state index < -0.39 is 0 Å². The summed E-state index contributed by atoms with van der Waals surface area (Å²) in [6, 6.07) is 7.82. The molecule has 19 heavy (non-hydrogen) atoms. The molecule has 1 heterocycles. The lowest BCUT2D eigenvalue weighted by atomic mass is 9.95. The lowest BCUT2D eigenvalue weighted by molar-refractivity contribution is 0.622. The molecule has 0 amide bonds. The van der Waals surface area contributed by atoms with Gasteiger partial charge in [0.2, 0.25) is 0 Å². The first-order valence-corrected chi connectivity index (χ1v) is 7.04. The Kier molecular flexibility index (Phi) is 3.02. The van der Waals surface area contributed by atoms with Gasteiger partial charge >= 0.3 is 0 Å². The van der Waals surface area contributed by atoms with Crippen LogP contribution in [-0.4, -0.2) is 9.78 Å². The fourth-order valence-electron chi connectivity index (χ4n) is 2.61. The normalized spacial score (nSPS) is 16.6. The van der Waals surface area contributed by atoms with Crippen molar-refractivity contribution in [3.8, 4) is 11.1 Å². The number of halogens is 1. The highest BCUT2D eigenvalue weighted by Crippen LogP contribution is 2.45. The van der Waals surface area contributed by atoms with E-state index in [1.807, 2.05) is 31.3 Å². The molecule has 2 aromatic rings. The van der Waals surface area contributed by atoms with Crippen LogP contribution in [0.1, 0.15) is 31.4 Å².